The van der Waals surface area contributed by atoms with E-state index in [0.29, 0.717) is 40.6 Å². The third-order valence-electron chi connectivity index (χ3n) is 3.65. The second-order valence-corrected chi connectivity index (χ2v) is 5.79. The van der Waals surface area contributed by atoms with Crippen LogP contribution < -0.4 is 14.8 Å². The predicted octanol–water partition coefficient (Wildman–Crippen LogP) is 4.35. The summed E-state index contributed by atoms with van der Waals surface area (Å²) in [6.45, 7) is 0. The molecule has 0 saturated heterocycles. The number of anilines is 1. The van der Waals surface area contributed by atoms with E-state index < -0.39 is 0 Å². The van der Waals surface area contributed by atoms with Crippen LogP contribution in [-0.4, -0.2) is 25.9 Å². The largest absolute Gasteiger partial charge is 0.495 e. The monoisotopic (exact) mass is 361 g/mol. The van der Waals surface area contributed by atoms with Gasteiger partial charge >= 0.3 is 0 Å². The molecule has 2 aromatic rings. The Balaban J connectivity index is 1.91. The summed E-state index contributed by atoms with van der Waals surface area (Å²) in [4.78, 5) is 24.2. The van der Waals surface area contributed by atoms with Crippen molar-refractivity contribution in [1.29, 1.82) is 0 Å². The van der Waals surface area contributed by atoms with Crippen molar-refractivity contribution >= 4 is 29.0 Å². The van der Waals surface area contributed by atoms with E-state index in [4.69, 9.17) is 21.1 Å². The minimum absolute atomic E-state index is 0.0270. The topological polar surface area (TPSA) is 64.6 Å². The molecule has 5 nitrogen and oxygen atoms in total. The molecule has 132 valence electrons. The minimum atomic E-state index is -0.205. The number of amides is 1. The minimum Gasteiger partial charge on any atom is -0.495 e. The Hall–Kier alpha value is -2.53. The highest BCUT2D eigenvalue weighted by atomic mass is 35.5. The number of carbonyl (C=O) groups is 2. The lowest BCUT2D eigenvalue weighted by Gasteiger charge is -2.13. The molecule has 0 fully saturated rings. The van der Waals surface area contributed by atoms with Crippen LogP contribution in [-0.2, 0) is 4.79 Å². The van der Waals surface area contributed by atoms with Gasteiger partial charge in [-0.1, -0.05) is 41.9 Å². The lowest BCUT2D eigenvalue weighted by atomic mass is 10.1. The number of carbonyl (C=O) groups excluding carboxylic acids is 2. The van der Waals surface area contributed by atoms with Crippen molar-refractivity contribution in [2.45, 2.75) is 19.3 Å². The van der Waals surface area contributed by atoms with Gasteiger partial charge in [0, 0.05) is 30.5 Å². The van der Waals surface area contributed by atoms with Crippen molar-refractivity contribution in [3.05, 3.63) is 53.1 Å². The first-order valence-corrected chi connectivity index (χ1v) is 8.22. The highest BCUT2D eigenvalue weighted by Gasteiger charge is 2.13. The summed E-state index contributed by atoms with van der Waals surface area (Å²) < 4.78 is 10.4. The summed E-state index contributed by atoms with van der Waals surface area (Å²) >= 11 is 6.04. The first-order chi connectivity index (χ1) is 12.0. The van der Waals surface area contributed by atoms with E-state index in [-0.39, 0.29) is 18.1 Å². The first-order valence-electron chi connectivity index (χ1n) is 7.84. The van der Waals surface area contributed by atoms with Crippen LogP contribution in [0, 0.1) is 0 Å². The van der Waals surface area contributed by atoms with E-state index in [9.17, 15) is 9.59 Å². The molecule has 0 aliphatic carbocycles. The third-order valence-corrected chi connectivity index (χ3v) is 3.95. The maximum Gasteiger partial charge on any atom is 0.224 e. The molecule has 6 heteroatoms. The third kappa shape index (κ3) is 5.22. The van der Waals surface area contributed by atoms with Crippen molar-refractivity contribution in [3.63, 3.8) is 0 Å². The molecule has 2 aromatic carbocycles. The molecule has 0 saturated carbocycles. The molecular weight excluding hydrogens is 342 g/mol. The van der Waals surface area contributed by atoms with E-state index in [2.05, 4.69) is 5.32 Å². The Morgan fingerprint density at radius 2 is 1.68 bits per heavy atom. The summed E-state index contributed by atoms with van der Waals surface area (Å²) in [6.07, 6.45) is 1.01. The normalized spacial score (nSPS) is 10.2. The summed E-state index contributed by atoms with van der Waals surface area (Å²) in [7, 11) is 2.99. The number of ether oxygens (including phenoxy) is 2. The molecule has 1 N–H and O–H groups in total. The van der Waals surface area contributed by atoms with Gasteiger partial charge in [-0.15, -0.1) is 0 Å². The second-order valence-electron chi connectivity index (χ2n) is 5.38. The molecule has 0 radical (unpaired) electrons. The zero-order valence-corrected chi connectivity index (χ0v) is 14.9. The number of halogens is 1. The average molecular weight is 362 g/mol. The van der Waals surface area contributed by atoms with E-state index in [1.165, 1.54) is 14.2 Å². The molecule has 2 rings (SSSR count). The molecule has 0 spiro atoms. The number of Topliss-reactive ketones (excluding diaryl/α,β-unsaturated/α-hetero) is 1. The highest BCUT2D eigenvalue weighted by Crippen LogP contribution is 2.35. The number of ketones is 1. The van der Waals surface area contributed by atoms with Crippen LogP contribution in [0.2, 0.25) is 5.02 Å². The fourth-order valence-electron chi connectivity index (χ4n) is 2.35. The number of rotatable bonds is 8. The average Bonchev–Trinajstić information content (AvgIpc) is 2.63. The molecule has 0 aliphatic rings. The first kappa shape index (κ1) is 18.8. The quantitative estimate of drug-likeness (QED) is 0.710. The van der Waals surface area contributed by atoms with Gasteiger partial charge in [0.1, 0.15) is 11.5 Å². The van der Waals surface area contributed by atoms with Crippen LogP contribution in [0.1, 0.15) is 29.6 Å². The number of nitrogens with one attached hydrogen (secondary N) is 1. The zero-order chi connectivity index (χ0) is 18.2. The van der Waals surface area contributed by atoms with Crippen LogP contribution in [0.3, 0.4) is 0 Å². The maximum absolute atomic E-state index is 12.1. The Bertz CT molecular complexity index is 747. The maximum atomic E-state index is 12.1. The Morgan fingerprint density at radius 3 is 2.32 bits per heavy atom. The van der Waals surface area contributed by atoms with Gasteiger partial charge in [-0.3, -0.25) is 9.59 Å². The fraction of sp³-hybridized carbons (Fsp3) is 0.263. The number of methoxy groups -OCH3 is 2. The van der Waals surface area contributed by atoms with Gasteiger partial charge in [-0.2, -0.15) is 0 Å². The van der Waals surface area contributed by atoms with E-state index in [1.54, 1.807) is 24.3 Å². The summed E-state index contributed by atoms with van der Waals surface area (Å²) in [5.74, 6) is 0.708. The number of benzene rings is 2. The van der Waals surface area contributed by atoms with E-state index >= 15 is 0 Å². The lowest BCUT2D eigenvalue weighted by molar-refractivity contribution is -0.116. The van der Waals surface area contributed by atoms with Gasteiger partial charge in [0.05, 0.1) is 24.9 Å². The number of hydrogen-bond acceptors (Lipinski definition) is 4. The smallest absolute Gasteiger partial charge is 0.224 e. The molecule has 0 unspecified atom stereocenters. The second kappa shape index (κ2) is 9.08. The van der Waals surface area contributed by atoms with Gasteiger partial charge in [-0.25, -0.2) is 0 Å². The summed E-state index contributed by atoms with van der Waals surface area (Å²) in [5, 5.41) is 3.16. The summed E-state index contributed by atoms with van der Waals surface area (Å²) in [6, 6.07) is 12.2. The van der Waals surface area contributed by atoms with Crippen LogP contribution >= 0.6 is 11.6 Å². The molecule has 0 aliphatic heterocycles. The molecule has 25 heavy (non-hydrogen) atoms. The van der Waals surface area contributed by atoms with Gasteiger partial charge in [0.2, 0.25) is 5.91 Å². The molecule has 0 atom stereocenters. The van der Waals surface area contributed by atoms with Crippen LogP contribution in [0.5, 0.6) is 11.5 Å². The molecule has 0 bridgehead atoms. The zero-order valence-electron chi connectivity index (χ0n) is 14.2. The van der Waals surface area contributed by atoms with Crippen molar-refractivity contribution in [1.82, 2.24) is 0 Å². The van der Waals surface area contributed by atoms with Crippen LogP contribution in [0.15, 0.2) is 42.5 Å². The van der Waals surface area contributed by atoms with Gasteiger partial charge in [-0.05, 0) is 6.42 Å². The molecule has 1 amide bonds. The standard InChI is InChI=1S/C19H20ClNO4/c1-24-17-12-15(18(25-2)11-14(17)20)21-19(23)10-6-9-16(22)13-7-4-3-5-8-13/h3-5,7-8,11-12H,6,9-10H2,1-2H3,(H,21,23). The highest BCUT2D eigenvalue weighted by molar-refractivity contribution is 6.32. The van der Waals surface area contributed by atoms with Crippen LogP contribution in [0.25, 0.3) is 0 Å². The van der Waals surface area contributed by atoms with Crippen molar-refractivity contribution in [2.75, 3.05) is 19.5 Å². The van der Waals surface area contributed by atoms with Crippen molar-refractivity contribution < 1.29 is 19.1 Å². The predicted molar refractivity (Wildman–Crippen MR) is 97.8 cm³/mol. The SMILES string of the molecule is COc1cc(NC(=O)CCCC(=O)c2ccccc2)c(OC)cc1Cl. The van der Waals surface area contributed by atoms with E-state index in [1.807, 2.05) is 18.2 Å². The Labute approximate surface area is 151 Å². The molecule has 0 heterocycles. The van der Waals surface area contributed by atoms with Gasteiger partial charge in [0.25, 0.3) is 0 Å². The van der Waals surface area contributed by atoms with Crippen molar-refractivity contribution in [3.8, 4) is 11.5 Å². The summed E-state index contributed by atoms with van der Waals surface area (Å²) in [5.41, 5.74) is 1.13. The van der Waals surface area contributed by atoms with Gasteiger partial charge in [0.15, 0.2) is 5.78 Å². The lowest BCUT2D eigenvalue weighted by Crippen LogP contribution is -2.13. The van der Waals surface area contributed by atoms with Gasteiger partial charge < -0.3 is 14.8 Å². The van der Waals surface area contributed by atoms with E-state index in [0.717, 1.165) is 0 Å². The molecular formula is C19H20ClNO4. The Morgan fingerprint density at radius 1 is 1.00 bits per heavy atom. The fourth-order valence-corrected chi connectivity index (χ4v) is 2.58. The molecule has 0 aromatic heterocycles. The van der Waals surface area contributed by atoms with Crippen molar-refractivity contribution in [2.24, 2.45) is 0 Å². The van der Waals surface area contributed by atoms with Crippen LogP contribution in [0.4, 0.5) is 5.69 Å². The number of hydrogen-bond donors (Lipinski definition) is 1. The Kier molecular flexibility index (Phi) is 6.83.